The lowest BCUT2D eigenvalue weighted by atomic mass is 10.0. The molecule has 0 saturated heterocycles. The van der Waals surface area contributed by atoms with Gasteiger partial charge in [0.2, 0.25) is 0 Å². The molecule has 0 spiro atoms. The van der Waals surface area contributed by atoms with Gasteiger partial charge in [-0.1, -0.05) is 0 Å². The number of aryl methyl sites for hydroxylation is 1. The Morgan fingerprint density at radius 2 is 2.00 bits per heavy atom. The van der Waals surface area contributed by atoms with Gasteiger partial charge in [-0.05, 0) is 29.3 Å². The molecule has 0 aliphatic heterocycles. The maximum absolute atomic E-state index is 5.92. The number of aromatic amines is 1. The molecule has 0 radical (unpaired) electrons. The summed E-state index contributed by atoms with van der Waals surface area (Å²) in [6.45, 7) is 1.04. The second kappa shape index (κ2) is 6.17. The number of nitrogens with two attached hydrogens (primary N) is 2. The minimum absolute atomic E-state index is 0.378. The van der Waals surface area contributed by atoms with E-state index in [2.05, 4.69) is 43.2 Å². The highest BCUT2D eigenvalue weighted by molar-refractivity contribution is 5.89. The first-order valence-corrected chi connectivity index (χ1v) is 8.87. The number of nitrogen functional groups attached to an aromatic ring is 1. The van der Waals surface area contributed by atoms with Crippen LogP contribution in [0.3, 0.4) is 0 Å². The highest BCUT2D eigenvalue weighted by Crippen LogP contribution is 2.29. The van der Waals surface area contributed by atoms with Gasteiger partial charge in [0.15, 0.2) is 11.5 Å². The van der Waals surface area contributed by atoms with Gasteiger partial charge < -0.3 is 21.0 Å². The summed E-state index contributed by atoms with van der Waals surface area (Å²) in [5.74, 6) is 0.378. The van der Waals surface area contributed by atoms with E-state index in [0.29, 0.717) is 30.1 Å². The Morgan fingerprint density at radius 3 is 2.79 bits per heavy atom. The number of rotatable bonds is 4. The Bertz CT molecular complexity index is 1310. The van der Waals surface area contributed by atoms with Crippen molar-refractivity contribution in [3.05, 3.63) is 54.5 Å². The Hall–Kier alpha value is -3.72. The van der Waals surface area contributed by atoms with Gasteiger partial charge in [0, 0.05) is 36.4 Å². The molecule has 1 aromatic carbocycles. The van der Waals surface area contributed by atoms with Crippen LogP contribution in [0.15, 0.2) is 43.2 Å². The maximum Gasteiger partial charge on any atom is 0.165 e. The van der Waals surface area contributed by atoms with Crippen molar-refractivity contribution in [3.63, 3.8) is 0 Å². The Balaban J connectivity index is 1.68. The molecule has 0 saturated carbocycles. The molecule has 9 nitrogen and oxygen atoms in total. The SMILES string of the molecule is Cn1cc(-c2cc(Cn3cnc4c(N)ncnc43)c3[nH]c(CN)cc3c2)cn1. The van der Waals surface area contributed by atoms with Gasteiger partial charge in [-0.3, -0.25) is 4.68 Å². The number of aromatic nitrogens is 7. The molecule has 5 rings (SSSR count). The second-order valence-electron chi connectivity index (χ2n) is 6.80. The largest absolute Gasteiger partial charge is 0.382 e. The lowest BCUT2D eigenvalue weighted by molar-refractivity contribution is 0.768. The predicted octanol–water partition coefficient (Wildman–Crippen LogP) is 1.80. The number of anilines is 1. The first-order chi connectivity index (χ1) is 13.6. The second-order valence-corrected chi connectivity index (χ2v) is 6.80. The number of benzene rings is 1. The van der Waals surface area contributed by atoms with Crippen LogP contribution in [0.4, 0.5) is 5.82 Å². The normalized spacial score (nSPS) is 11.6. The molecule has 28 heavy (non-hydrogen) atoms. The monoisotopic (exact) mass is 373 g/mol. The van der Waals surface area contributed by atoms with E-state index >= 15 is 0 Å². The zero-order chi connectivity index (χ0) is 19.3. The van der Waals surface area contributed by atoms with Crippen LogP contribution >= 0.6 is 0 Å². The molecule has 4 aromatic heterocycles. The molecule has 0 aliphatic rings. The zero-order valence-corrected chi connectivity index (χ0v) is 15.3. The van der Waals surface area contributed by atoms with E-state index in [1.54, 1.807) is 11.0 Å². The topological polar surface area (TPSA) is 129 Å². The smallest absolute Gasteiger partial charge is 0.165 e. The lowest BCUT2D eigenvalue weighted by Crippen LogP contribution is -2.02. The molecule has 9 heteroatoms. The van der Waals surface area contributed by atoms with Crippen molar-refractivity contribution < 1.29 is 0 Å². The van der Waals surface area contributed by atoms with Gasteiger partial charge in [-0.25, -0.2) is 15.0 Å². The minimum Gasteiger partial charge on any atom is -0.382 e. The summed E-state index contributed by atoms with van der Waals surface area (Å²) in [5, 5.41) is 5.40. The van der Waals surface area contributed by atoms with E-state index in [1.807, 2.05) is 24.0 Å². The number of imidazole rings is 1. The van der Waals surface area contributed by atoms with Gasteiger partial charge >= 0.3 is 0 Å². The Kier molecular flexibility index (Phi) is 3.63. The summed E-state index contributed by atoms with van der Waals surface area (Å²) in [6, 6.07) is 6.40. The van der Waals surface area contributed by atoms with Gasteiger partial charge in [-0.2, -0.15) is 5.10 Å². The summed E-state index contributed by atoms with van der Waals surface area (Å²) < 4.78 is 3.77. The number of nitrogens with zero attached hydrogens (tertiary/aromatic N) is 6. The van der Waals surface area contributed by atoms with Crippen LogP contribution in [0.1, 0.15) is 11.3 Å². The minimum atomic E-state index is 0.378. The molecule has 0 atom stereocenters. The molecule has 4 heterocycles. The van der Waals surface area contributed by atoms with Crippen LogP contribution in [0.2, 0.25) is 0 Å². The fraction of sp³-hybridized carbons (Fsp3) is 0.158. The number of hydrogen-bond donors (Lipinski definition) is 3. The zero-order valence-electron chi connectivity index (χ0n) is 15.3. The Morgan fingerprint density at radius 1 is 1.11 bits per heavy atom. The van der Waals surface area contributed by atoms with Gasteiger partial charge in [0.25, 0.3) is 0 Å². The van der Waals surface area contributed by atoms with Gasteiger partial charge in [0.1, 0.15) is 11.8 Å². The van der Waals surface area contributed by atoms with Crippen molar-refractivity contribution in [2.24, 2.45) is 12.8 Å². The Labute approximate surface area is 160 Å². The van der Waals surface area contributed by atoms with E-state index < -0.39 is 0 Å². The van der Waals surface area contributed by atoms with Crippen LogP contribution in [-0.2, 0) is 20.1 Å². The van der Waals surface area contributed by atoms with E-state index in [0.717, 1.165) is 33.3 Å². The molecular weight excluding hydrogens is 354 g/mol. The highest BCUT2D eigenvalue weighted by atomic mass is 15.2. The molecule has 0 amide bonds. The van der Waals surface area contributed by atoms with Crippen molar-refractivity contribution >= 4 is 27.9 Å². The molecule has 0 bridgehead atoms. The van der Waals surface area contributed by atoms with Gasteiger partial charge in [-0.15, -0.1) is 0 Å². The third kappa shape index (κ3) is 2.60. The molecule has 0 fully saturated rings. The number of nitrogens with one attached hydrogen (secondary N) is 1. The first kappa shape index (κ1) is 16.5. The molecule has 0 unspecified atom stereocenters. The molecule has 5 aromatic rings. The standard InChI is InChI=1S/C19H19N9/c1-27-7-14(6-25-27)11-2-12-4-15(5-20)26-16(12)13(3-11)8-28-10-24-17-18(21)22-9-23-19(17)28/h2-4,6-7,9-10,26H,5,8,20H2,1H3,(H2,21,22,23). The third-order valence-corrected chi connectivity index (χ3v) is 4.89. The quantitative estimate of drug-likeness (QED) is 0.440. The van der Waals surface area contributed by atoms with Crippen LogP contribution < -0.4 is 11.5 Å². The maximum atomic E-state index is 5.92. The molecule has 0 aliphatic carbocycles. The average molecular weight is 373 g/mol. The highest BCUT2D eigenvalue weighted by Gasteiger charge is 2.13. The van der Waals surface area contributed by atoms with Crippen LogP contribution in [-0.4, -0.2) is 34.3 Å². The summed E-state index contributed by atoms with van der Waals surface area (Å²) in [7, 11) is 1.91. The van der Waals surface area contributed by atoms with Gasteiger partial charge in [0.05, 0.1) is 24.6 Å². The number of hydrogen-bond acceptors (Lipinski definition) is 6. The summed E-state index contributed by atoms with van der Waals surface area (Å²) in [5.41, 5.74) is 18.4. The van der Waals surface area contributed by atoms with E-state index in [1.165, 1.54) is 6.33 Å². The summed E-state index contributed by atoms with van der Waals surface area (Å²) in [6.07, 6.45) is 7.06. The van der Waals surface area contributed by atoms with Crippen LogP contribution in [0.5, 0.6) is 0 Å². The molecule has 5 N–H and O–H groups in total. The van der Waals surface area contributed by atoms with Crippen molar-refractivity contribution in [2.45, 2.75) is 13.1 Å². The average Bonchev–Trinajstić information content (AvgIpc) is 3.40. The fourth-order valence-corrected chi connectivity index (χ4v) is 3.55. The third-order valence-electron chi connectivity index (χ3n) is 4.89. The summed E-state index contributed by atoms with van der Waals surface area (Å²) in [4.78, 5) is 16.2. The van der Waals surface area contributed by atoms with E-state index in [-0.39, 0.29) is 0 Å². The fourth-order valence-electron chi connectivity index (χ4n) is 3.55. The number of H-pyrrole nitrogens is 1. The van der Waals surface area contributed by atoms with Crippen molar-refractivity contribution in [3.8, 4) is 11.1 Å². The van der Waals surface area contributed by atoms with Crippen molar-refractivity contribution in [2.75, 3.05) is 5.73 Å². The van der Waals surface area contributed by atoms with Crippen molar-refractivity contribution in [1.82, 2.24) is 34.3 Å². The number of fused-ring (bicyclic) bond motifs is 2. The predicted molar refractivity (Wildman–Crippen MR) is 107 cm³/mol. The molecular formula is C19H19N9. The molecule has 140 valence electrons. The summed E-state index contributed by atoms with van der Waals surface area (Å²) >= 11 is 0. The first-order valence-electron chi connectivity index (χ1n) is 8.87. The van der Waals surface area contributed by atoms with Crippen molar-refractivity contribution in [1.29, 1.82) is 0 Å². The van der Waals surface area contributed by atoms with E-state index in [4.69, 9.17) is 11.5 Å². The van der Waals surface area contributed by atoms with E-state index in [9.17, 15) is 0 Å². The van der Waals surface area contributed by atoms with Crippen LogP contribution in [0.25, 0.3) is 33.2 Å². The van der Waals surface area contributed by atoms with Crippen LogP contribution in [0, 0.1) is 0 Å². The lowest BCUT2D eigenvalue weighted by Gasteiger charge is -2.09.